The number of hydrogen-bond donors (Lipinski definition) is 2. The topological polar surface area (TPSA) is 72.0 Å². The summed E-state index contributed by atoms with van der Waals surface area (Å²) in [4.78, 5) is 12.1. The van der Waals surface area contributed by atoms with Crippen molar-refractivity contribution >= 4 is 17.4 Å². The standard InChI is InChI=1S/C21H19ClF5N5O/c1-11(21(25,26)27)30-20-17(18(22)31-19(32-20)15-5-3-4-6-29-15)16-13(23)9-12(10-14(16)24)33-8-7-28-2/h3-6,9-11,28H,7-8H2,1-2H3,(H,30,31,32). The second-order valence-electron chi connectivity index (χ2n) is 6.90. The number of halogens is 6. The first-order valence-corrected chi connectivity index (χ1v) is 10.1. The molecule has 6 nitrogen and oxygen atoms in total. The van der Waals surface area contributed by atoms with Crippen LogP contribution in [0.5, 0.6) is 5.75 Å². The molecule has 3 aromatic rings. The van der Waals surface area contributed by atoms with Crippen LogP contribution in [0.4, 0.5) is 27.8 Å². The largest absolute Gasteiger partial charge is 0.492 e. The zero-order valence-corrected chi connectivity index (χ0v) is 18.2. The van der Waals surface area contributed by atoms with E-state index in [4.69, 9.17) is 16.3 Å². The van der Waals surface area contributed by atoms with Gasteiger partial charge >= 0.3 is 6.18 Å². The van der Waals surface area contributed by atoms with Crippen molar-refractivity contribution in [3.05, 3.63) is 53.3 Å². The zero-order chi connectivity index (χ0) is 24.2. The minimum absolute atomic E-state index is 0.0932. The fourth-order valence-electron chi connectivity index (χ4n) is 2.80. The van der Waals surface area contributed by atoms with Crippen LogP contribution in [0, 0.1) is 11.6 Å². The molecule has 0 spiro atoms. The highest BCUT2D eigenvalue weighted by atomic mass is 35.5. The van der Waals surface area contributed by atoms with Crippen molar-refractivity contribution in [3.8, 4) is 28.4 Å². The summed E-state index contributed by atoms with van der Waals surface area (Å²) in [5, 5.41) is 4.51. The Bertz CT molecular complexity index is 1090. The molecule has 0 amide bonds. The molecule has 0 saturated heterocycles. The Morgan fingerprint density at radius 3 is 2.36 bits per heavy atom. The number of pyridine rings is 1. The van der Waals surface area contributed by atoms with Crippen LogP contribution in [0.3, 0.4) is 0 Å². The van der Waals surface area contributed by atoms with E-state index in [2.05, 4.69) is 25.6 Å². The highest BCUT2D eigenvalue weighted by Gasteiger charge is 2.37. The molecule has 0 radical (unpaired) electrons. The van der Waals surface area contributed by atoms with Gasteiger partial charge in [0.2, 0.25) is 0 Å². The van der Waals surface area contributed by atoms with Gasteiger partial charge in [-0.05, 0) is 26.1 Å². The molecular formula is C21H19ClF5N5O. The predicted octanol–water partition coefficient (Wildman–Crippen LogP) is 5.10. The van der Waals surface area contributed by atoms with E-state index in [-0.39, 0.29) is 23.9 Å². The molecule has 0 aliphatic carbocycles. The number of alkyl halides is 3. The van der Waals surface area contributed by atoms with E-state index < -0.39 is 46.0 Å². The quantitative estimate of drug-likeness (QED) is 0.262. The number of hydrogen-bond acceptors (Lipinski definition) is 6. The monoisotopic (exact) mass is 487 g/mol. The van der Waals surface area contributed by atoms with Crippen molar-refractivity contribution in [2.45, 2.75) is 19.1 Å². The molecule has 1 atom stereocenters. The summed E-state index contributed by atoms with van der Waals surface area (Å²) in [6, 6.07) is 4.47. The number of aromatic nitrogens is 3. The molecule has 2 N–H and O–H groups in total. The van der Waals surface area contributed by atoms with E-state index in [1.165, 1.54) is 12.3 Å². The first-order chi connectivity index (χ1) is 15.6. The van der Waals surface area contributed by atoms with E-state index >= 15 is 0 Å². The third kappa shape index (κ3) is 5.85. The molecule has 3 rings (SSSR count). The number of anilines is 1. The molecule has 33 heavy (non-hydrogen) atoms. The third-order valence-electron chi connectivity index (χ3n) is 4.49. The van der Waals surface area contributed by atoms with E-state index in [1.807, 2.05) is 0 Å². The molecule has 1 aromatic carbocycles. The second kappa shape index (κ2) is 10.3. The van der Waals surface area contributed by atoms with Crippen LogP contribution in [0.1, 0.15) is 6.92 Å². The number of nitrogens with zero attached hydrogens (tertiary/aromatic N) is 3. The Morgan fingerprint density at radius 2 is 1.79 bits per heavy atom. The molecule has 176 valence electrons. The van der Waals surface area contributed by atoms with Gasteiger partial charge in [-0.25, -0.2) is 18.7 Å². The van der Waals surface area contributed by atoms with Gasteiger partial charge in [0.15, 0.2) is 5.82 Å². The summed E-state index contributed by atoms with van der Waals surface area (Å²) in [5.74, 6) is -2.91. The molecule has 1 unspecified atom stereocenters. The maximum absolute atomic E-state index is 14.9. The molecule has 2 aromatic heterocycles. The number of rotatable bonds is 8. The first-order valence-electron chi connectivity index (χ1n) is 9.70. The van der Waals surface area contributed by atoms with Crippen LogP contribution in [-0.2, 0) is 0 Å². The van der Waals surface area contributed by atoms with Crippen molar-refractivity contribution < 1.29 is 26.7 Å². The first kappa shape index (κ1) is 24.6. The predicted molar refractivity (Wildman–Crippen MR) is 114 cm³/mol. The van der Waals surface area contributed by atoms with E-state index in [9.17, 15) is 22.0 Å². The summed E-state index contributed by atoms with van der Waals surface area (Å²) >= 11 is 6.23. The second-order valence-corrected chi connectivity index (χ2v) is 7.26. The third-order valence-corrected chi connectivity index (χ3v) is 4.76. The Balaban J connectivity index is 2.14. The lowest BCUT2D eigenvalue weighted by Gasteiger charge is -2.21. The van der Waals surface area contributed by atoms with Crippen LogP contribution in [0.15, 0.2) is 36.5 Å². The van der Waals surface area contributed by atoms with Crippen molar-refractivity contribution in [2.75, 3.05) is 25.5 Å². The van der Waals surface area contributed by atoms with Crippen LogP contribution in [-0.4, -0.2) is 47.4 Å². The molecule has 2 heterocycles. The normalized spacial score (nSPS) is 12.5. The van der Waals surface area contributed by atoms with Gasteiger partial charge in [0.05, 0.1) is 11.1 Å². The van der Waals surface area contributed by atoms with Gasteiger partial charge in [0.25, 0.3) is 0 Å². The molecule has 0 aliphatic heterocycles. The van der Waals surface area contributed by atoms with E-state index in [1.54, 1.807) is 19.2 Å². The zero-order valence-electron chi connectivity index (χ0n) is 17.5. The van der Waals surface area contributed by atoms with Crippen LogP contribution < -0.4 is 15.4 Å². The Hall–Kier alpha value is -3.05. The maximum atomic E-state index is 14.9. The summed E-state index contributed by atoms with van der Waals surface area (Å²) in [6.45, 7) is 1.42. The molecule has 0 saturated carbocycles. The summed E-state index contributed by atoms with van der Waals surface area (Å²) < 4.78 is 74.9. The SMILES string of the molecule is CNCCOc1cc(F)c(-c2c(Cl)nc(-c3ccccn3)nc2NC(C)C(F)(F)F)c(F)c1. The maximum Gasteiger partial charge on any atom is 0.408 e. The van der Waals surface area contributed by atoms with Gasteiger partial charge < -0.3 is 15.4 Å². The van der Waals surface area contributed by atoms with Crippen molar-refractivity contribution in [3.63, 3.8) is 0 Å². The van der Waals surface area contributed by atoms with Crippen molar-refractivity contribution in [1.29, 1.82) is 0 Å². The van der Waals surface area contributed by atoms with E-state index in [0.29, 0.717) is 6.54 Å². The van der Waals surface area contributed by atoms with Gasteiger partial charge in [0, 0.05) is 24.9 Å². The lowest BCUT2D eigenvalue weighted by molar-refractivity contribution is -0.138. The lowest BCUT2D eigenvalue weighted by Crippen LogP contribution is -2.33. The summed E-state index contributed by atoms with van der Waals surface area (Å²) in [6.07, 6.45) is -3.24. The Labute approximate surface area is 191 Å². The van der Waals surface area contributed by atoms with Gasteiger partial charge in [0.1, 0.15) is 46.7 Å². The smallest absolute Gasteiger partial charge is 0.408 e. The minimum atomic E-state index is -4.66. The summed E-state index contributed by atoms with van der Waals surface area (Å²) in [5.41, 5.74) is -0.933. The van der Waals surface area contributed by atoms with Gasteiger partial charge in [-0.3, -0.25) is 4.98 Å². The lowest BCUT2D eigenvalue weighted by atomic mass is 10.1. The summed E-state index contributed by atoms with van der Waals surface area (Å²) in [7, 11) is 1.68. The Morgan fingerprint density at radius 1 is 1.09 bits per heavy atom. The van der Waals surface area contributed by atoms with Crippen molar-refractivity contribution in [2.24, 2.45) is 0 Å². The average Bonchev–Trinajstić information content (AvgIpc) is 2.75. The number of likely N-dealkylation sites (N-methyl/N-ethyl adjacent to an activating group) is 1. The van der Waals surface area contributed by atoms with E-state index in [0.717, 1.165) is 19.1 Å². The average molecular weight is 488 g/mol. The van der Waals surface area contributed by atoms with Gasteiger partial charge in [-0.1, -0.05) is 17.7 Å². The van der Waals surface area contributed by atoms with Crippen LogP contribution in [0.25, 0.3) is 22.6 Å². The van der Waals surface area contributed by atoms with Crippen LogP contribution in [0.2, 0.25) is 5.15 Å². The fraction of sp³-hybridized carbons (Fsp3) is 0.286. The highest BCUT2D eigenvalue weighted by Crippen LogP contribution is 2.39. The number of ether oxygens (including phenoxy) is 1. The fourth-order valence-corrected chi connectivity index (χ4v) is 3.06. The highest BCUT2D eigenvalue weighted by molar-refractivity contribution is 6.32. The molecular weight excluding hydrogens is 469 g/mol. The molecule has 12 heteroatoms. The molecule has 0 aliphatic rings. The molecule has 0 bridgehead atoms. The molecule has 0 fully saturated rings. The Kier molecular flexibility index (Phi) is 7.65. The number of nitrogens with one attached hydrogen (secondary N) is 2. The van der Waals surface area contributed by atoms with Gasteiger partial charge in [-0.2, -0.15) is 13.2 Å². The van der Waals surface area contributed by atoms with Crippen molar-refractivity contribution in [1.82, 2.24) is 20.3 Å². The van der Waals surface area contributed by atoms with Gasteiger partial charge in [-0.15, -0.1) is 0 Å². The number of benzene rings is 1. The van der Waals surface area contributed by atoms with Crippen LogP contribution >= 0.6 is 11.6 Å². The minimum Gasteiger partial charge on any atom is -0.492 e.